The first-order valence-electron chi connectivity index (χ1n) is 4.14. The summed E-state index contributed by atoms with van der Waals surface area (Å²) in [5.74, 6) is -0.512. The predicted octanol–water partition coefficient (Wildman–Crippen LogP) is 2.49. The Morgan fingerprint density at radius 1 is 0.857 bits per heavy atom. The maximum atomic E-state index is 13.5. The van der Waals surface area contributed by atoms with Gasteiger partial charge in [-0.3, -0.25) is 0 Å². The Bertz CT molecular complexity index is 435. The first-order chi connectivity index (χ1) is 6.54. The number of hydrogen-bond acceptors (Lipinski definition) is 2. The molecule has 0 aromatic heterocycles. The Labute approximate surface area is 82.2 Å². The van der Waals surface area contributed by atoms with Crippen LogP contribution in [0.4, 0.5) is 4.39 Å². The van der Waals surface area contributed by atoms with Crippen molar-refractivity contribution in [2.45, 2.75) is 20.8 Å². The van der Waals surface area contributed by atoms with Crippen LogP contribution in [0.25, 0.3) is 0 Å². The summed E-state index contributed by atoms with van der Waals surface area (Å²) in [4.78, 5) is 0. The SMILES string of the molecule is Cc1c(C)c(C#N)c(C)c(C#N)c1F. The van der Waals surface area contributed by atoms with Crippen molar-refractivity contribution in [2.75, 3.05) is 0 Å². The Hall–Kier alpha value is -1.87. The van der Waals surface area contributed by atoms with Crippen molar-refractivity contribution in [3.05, 3.63) is 33.6 Å². The highest BCUT2D eigenvalue weighted by Gasteiger charge is 2.16. The van der Waals surface area contributed by atoms with Gasteiger partial charge >= 0.3 is 0 Å². The number of nitriles is 2. The third-order valence-electron chi connectivity index (χ3n) is 2.46. The highest BCUT2D eigenvalue weighted by atomic mass is 19.1. The summed E-state index contributed by atoms with van der Waals surface area (Å²) in [6.07, 6.45) is 0. The van der Waals surface area contributed by atoms with Crippen molar-refractivity contribution >= 4 is 0 Å². The zero-order valence-electron chi connectivity index (χ0n) is 8.27. The molecule has 0 aliphatic carbocycles. The van der Waals surface area contributed by atoms with Crippen LogP contribution in [0.15, 0.2) is 0 Å². The van der Waals surface area contributed by atoms with Crippen molar-refractivity contribution in [1.29, 1.82) is 10.5 Å². The average molecular weight is 188 g/mol. The van der Waals surface area contributed by atoms with Crippen molar-refractivity contribution in [3.63, 3.8) is 0 Å². The second kappa shape index (κ2) is 3.47. The van der Waals surface area contributed by atoms with E-state index in [4.69, 9.17) is 10.5 Å². The van der Waals surface area contributed by atoms with Crippen molar-refractivity contribution < 1.29 is 4.39 Å². The van der Waals surface area contributed by atoms with Crippen LogP contribution in [-0.2, 0) is 0 Å². The Kier molecular flexibility index (Phi) is 2.53. The van der Waals surface area contributed by atoms with Crippen LogP contribution in [-0.4, -0.2) is 0 Å². The van der Waals surface area contributed by atoms with E-state index >= 15 is 0 Å². The summed E-state index contributed by atoms with van der Waals surface area (Å²) >= 11 is 0. The second-order valence-corrected chi connectivity index (χ2v) is 3.16. The van der Waals surface area contributed by atoms with Crippen LogP contribution in [0.5, 0.6) is 0 Å². The van der Waals surface area contributed by atoms with Gasteiger partial charge in [0.15, 0.2) is 0 Å². The van der Waals surface area contributed by atoms with E-state index in [1.165, 1.54) is 0 Å². The van der Waals surface area contributed by atoms with Gasteiger partial charge in [-0.2, -0.15) is 10.5 Å². The van der Waals surface area contributed by atoms with Gasteiger partial charge in [0, 0.05) is 0 Å². The summed E-state index contributed by atoms with van der Waals surface area (Å²) in [6.45, 7) is 4.85. The molecule has 0 aliphatic rings. The largest absolute Gasteiger partial charge is 0.205 e. The van der Waals surface area contributed by atoms with E-state index in [1.54, 1.807) is 26.8 Å². The zero-order valence-corrected chi connectivity index (χ0v) is 8.27. The fraction of sp³-hybridized carbons (Fsp3) is 0.273. The van der Waals surface area contributed by atoms with E-state index in [0.717, 1.165) is 0 Å². The van der Waals surface area contributed by atoms with Crippen LogP contribution in [0.3, 0.4) is 0 Å². The van der Waals surface area contributed by atoms with Crippen LogP contribution < -0.4 is 0 Å². The van der Waals surface area contributed by atoms with Gasteiger partial charge < -0.3 is 0 Å². The lowest BCUT2D eigenvalue weighted by Gasteiger charge is -2.09. The molecule has 1 rings (SSSR count). The van der Waals surface area contributed by atoms with Gasteiger partial charge in [-0.05, 0) is 37.5 Å². The normalized spacial score (nSPS) is 9.29. The Morgan fingerprint density at radius 3 is 1.79 bits per heavy atom. The maximum Gasteiger partial charge on any atom is 0.144 e. The van der Waals surface area contributed by atoms with Gasteiger partial charge in [0.05, 0.1) is 17.2 Å². The molecule has 3 heteroatoms. The number of nitrogens with zero attached hydrogens (tertiary/aromatic N) is 2. The first kappa shape index (κ1) is 10.2. The van der Waals surface area contributed by atoms with E-state index in [0.29, 0.717) is 22.3 Å². The number of halogens is 1. The van der Waals surface area contributed by atoms with Gasteiger partial charge in [-0.15, -0.1) is 0 Å². The quantitative estimate of drug-likeness (QED) is 0.628. The fourth-order valence-corrected chi connectivity index (χ4v) is 1.41. The molecule has 0 heterocycles. The topological polar surface area (TPSA) is 47.6 Å². The molecular weight excluding hydrogens is 179 g/mol. The van der Waals surface area contributed by atoms with Gasteiger partial charge in [0.1, 0.15) is 11.9 Å². The Morgan fingerprint density at radius 2 is 1.36 bits per heavy atom. The summed E-state index contributed by atoms with van der Waals surface area (Å²) in [5, 5.41) is 17.6. The van der Waals surface area contributed by atoms with Crippen molar-refractivity contribution in [2.24, 2.45) is 0 Å². The number of rotatable bonds is 0. The molecule has 0 spiro atoms. The minimum Gasteiger partial charge on any atom is -0.205 e. The number of benzene rings is 1. The van der Waals surface area contributed by atoms with E-state index < -0.39 is 5.82 Å². The lowest BCUT2D eigenvalue weighted by molar-refractivity contribution is 0.611. The lowest BCUT2D eigenvalue weighted by Crippen LogP contribution is -2.01. The summed E-state index contributed by atoms with van der Waals surface area (Å²) in [6, 6.07) is 3.77. The summed E-state index contributed by atoms with van der Waals surface area (Å²) in [7, 11) is 0. The minimum atomic E-state index is -0.512. The van der Waals surface area contributed by atoms with Crippen molar-refractivity contribution in [1.82, 2.24) is 0 Å². The molecule has 0 radical (unpaired) electrons. The van der Waals surface area contributed by atoms with Gasteiger partial charge in [0.2, 0.25) is 0 Å². The molecular formula is C11H9FN2. The molecule has 0 N–H and O–H groups in total. The molecule has 70 valence electrons. The predicted molar refractivity (Wildman–Crippen MR) is 50.0 cm³/mol. The molecule has 1 aromatic carbocycles. The lowest BCUT2D eigenvalue weighted by atomic mass is 9.94. The third kappa shape index (κ3) is 1.24. The molecule has 0 fully saturated rings. The van der Waals surface area contributed by atoms with Gasteiger partial charge in [-0.1, -0.05) is 0 Å². The molecule has 0 saturated heterocycles. The third-order valence-corrected chi connectivity index (χ3v) is 2.46. The molecule has 2 nitrogen and oxygen atoms in total. The average Bonchev–Trinajstić information content (AvgIpc) is 2.16. The van der Waals surface area contributed by atoms with Crippen LogP contribution >= 0.6 is 0 Å². The van der Waals surface area contributed by atoms with Gasteiger partial charge in [0.25, 0.3) is 0 Å². The van der Waals surface area contributed by atoms with E-state index in [-0.39, 0.29) is 5.56 Å². The molecule has 0 atom stereocenters. The van der Waals surface area contributed by atoms with E-state index in [2.05, 4.69) is 0 Å². The molecule has 0 aliphatic heterocycles. The molecule has 1 aromatic rings. The fourth-order valence-electron chi connectivity index (χ4n) is 1.41. The molecule has 0 saturated carbocycles. The minimum absolute atomic E-state index is 0.0235. The summed E-state index contributed by atoms with van der Waals surface area (Å²) < 4.78 is 13.5. The molecule has 0 unspecified atom stereocenters. The second-order valence-electron chi connectivity index (χ2n) is 3.16. The van der Waals surface area contributed by atoms with Crippen LogP contribution in [0, 0.1) is 49.3 Å². The van der Waals surface area contributed by atoms with Crippen molar-refractivity contribution in [3.8, 4) is 12.1 Å². The van der Waals surface area contributed by atoms with E-state index in [9.17, 15) is 4.39 Å². The summed E-state index contributed by atoms with van der Waals surface area (Å²) in [5.41, 5.74) is 1.80. The monoisotopic (exact) mass is 188 g/mol. The molecule has 0 amide bonds. The van der Waals surface area contributed by atoms with Crippen LogP contribution in [0.1, 0.15) is 27.8 Å². The standard InChI is InChI=1S/C11H9FN2/c1-6-7(2)11(12)10(5-14)8(3)9(6)4-13/h1-3H3. The molecule has 0 bridgehead atoms. The molecule has 14 heavy (non-hydrogen) atoms. The highest BCUT2D eigenvalue weighted by Crippen LogP contribution is 2.24. The van der Waals surface area contributed by atoms with E-state index in [1.807, 2.05) is 6.07 Å². The number of hydrogen-bond donors (Lipinski definition) is 0. The highest BCUT2D eigenvalue weighted by molar-refractivity contribution is 5.55. The Balaban J connectivity index is 3.78. The smallest absolute Gasteiger partial charge is 0.144 e. The maximum absolute atomic E-state index is 13.5. The van der Waals surface area contributed by atoms with Crippen LogP contribution in [0.2, 0.25) is 0 Å². The zero-order chi connectivity index (χ0) is 10.9. The first-order valence-corrected chi connectivity index (χ1v) is 4.14. The van der Waals surface area contributed by atoms with Gasteiger partial charge in [-0.25, -0.2) is 4.39 Å².